The van der Waals surface area contributed by atoms with Crippen LogP contribution >= 0.6 is 0 Å². The third-order valence-electron chi connectivity index (χ3n) is 7.33. The number of nitrogens with one attached hydrogen (secondary N) is 3. The van der Waals surface area contributed by atoms with Gasteiger partial charge in [0.2, 0.25) is 11.8 Å². The maximum absolute atomic E-state index is 15.0. The summed E-state index contributed by atoms with van der Waals surface area (Å²) in [6.45, 7) is 2.97. The molecule has 2 aromatic heterocycles. The van der Waals surface area contributed by atoms with Crippen molar-refractivity contribution >= 4 is 22.8 Å². The molecule has 36 heavy (non-hydrogen) atoms. The van der Waals surface area contributed by atoms with E-state index in [9.17, 15) is 18.4 Å². The van der Waals surface area contributed by atoms with Gasteiger partial charge in [0.15, 0.2) is 5.82 Å². The van der Waals surface area contributed by atoms with Crippen molar-refractivity contribution in [3.8, 4) is 0 Å². The molecule has 2 fully saturated rings. The van der Waals surface area contributed by atoms with Gasteiger partial charge in [0.25, 0.3) is 5.91 Å². The molecule has 2 atom stereocenters. The maximum Gasteiger partial charge on any atom is 0.270 e. The lowest BCUT2D eigenvalue weighted by atomic mass is 9.81. The van der Waals surface area contributed by atoms with Crippen molar-refractivity contribution in [1.29, 1.82) is 0 Å². The van der Waals surface area contributed by atoms with Crippen LogP contribution in [0.3, 0.4) is 0 Å². The number of benzene rings is 1. The fraction of sp³-hybridized carbons (Fsp3) is 0.520. The Bertz CT molecular complexity index is 1280. The number of amides is 2. The van der Waals surface area contributed by atoms with Crippen molar-refractivity contribution in [2.75, 3.05) is 6.54 Å². The molecule has 3 aromatic rings. The van der Waals surface area contributed by atoms with E-state index >= 15 is 4.39 Å². The van der Waals surface area contributed by atoms with Crippen LogP contribution in [0, 0.1) is 17.7 Å². The summed E-state index contributed by atoms with van der Waals surface area (Å²) in [5.74, 6) is -3.87. The van der Waals surface area contributed by atoms with Gasteiger partial charge >= 0.3 is 0 Å². The molecule has 0 radical (unpaired) electrons. The lowest BCUT2D eigenvalue weighted by molar-refractivity contribution is -0.122. The van der Waals surface area contributed by atoms with Gasteiger partial charge in [0.1, 0.15) is 17.0 Å². The highest BCUT2D eigenvalue weighted by Crippen LogP contribution is 2.41. The molecule has 3 heterocycles. The number of nitrogens with zero attached hydrogens (tertiary/aromatic N) is 3. The smallest absolute Gasteiger partial charge is 0.270 e. The van der Waals surface area contributed by atoms with Gasteiger partial charge in [-0.2, -0.15) is 5.10 Å². The Labute approximate surface area is 206 Å². The predicted octanol–water partition coefficient (Wildman–Crippen LogP) is 3.89. The van der Waals surface area contributed by atoms with E-state index in [1.807, 2.05) is 6.92 Å². The van der Waals surface area contributed by atoms with Gasteiger partial charge in [0.05, 0.1) is 11.6 Å². The number of aromatic nitrogens is 4. The number of halogens is 3. The van der Waals surface area contributed by atoms with Gasteiger partial charge in [-0.1, -0.05) is 0 Å². The first-order valence-electron chi connectivity index (χ1n) is 12.4. The van der Waals surface area contributed by atoms with Crippen molar-refractivity contribution in [1.82, 2.24) is 30.4 Å². The molecule has 1 saturated heterocycles. The van der Waals surface area contributed by atoms with E-state index in [2.05, 4.69) is 25.7 Å². The van der Waals surface area contributed by atoms with Crippen molar-refractivity contribution < 1.29 is 22.8 Å². The van der Waals surface area contributed by atoms with E-state index in [0.717, 1.165) is 0 Å². The second-order valence-electron chi connectivity index (χ2n) is 9.75. The van der Waals surface area contributed by atoms with E-state index in [1.54, 1.807) is 16.8 Å². The zero-order valence-corrected chi connectivity index (χ0v) is 20.0. The molecule has 1 saturated carbocycles. The number of imidazole rings is 1. The van der Waals surface area contributed by atoms with E-state index in [1.165, 1.54) is 12.3 Å². The van der Waals surface area contributed by atoms with E-state index < -0.39 is 23.7 Å². The van der Waals surface area contributed by atoms with Crippen LogP contribution in [-0.4, -0.2) is 44.0 Å². The monoisotopic (exact) mass is 502 g/mol. The summed E-state index contributed by atoms with van der Waals surface area (Å²) in [6.07, 6.45) is 2.47. The number of carbonyl (C=O) groups is 2. The molecule has 2 amide bonds. The van der Waals surface area contributed by atoms with Crippen molar-refractivity contribution in [3.63, 3.8) is 0 Å². The summed E-state index contributed by atoms with van der Waals surface area (Å²) in [7, 11) is 0. The number of carbonyl (C=O) groups excluding carboxylic acids is 2. The average molecular weight is 503 g/mol. The Balaban J connectivity index is 1.46. The normalized spacial score (nSPS) is 21.0. The summed E-state index contributed by atoms with van der Waals surface area (Å²) in [5.41, 5.74) is 1.58. The van der Waals surface area contributed by atoms with Gasteiger partial charge in [0, 0.05) is 38.0 Å². The van der Waals surface area contributed by atoms with Crippen LogP contribution in [-0.2, 0) is 17.8 Å². The third-order valence-corrected chi connectivity index (χ3v) is 7.33. The molecule has 0 bridgehead atoms. The molecule has 1 aliphatic heterocycles. The molecule has 1 aromatic carbocycles. The molecule has 5 rings (SSSR count). The minimum absolute atomic E-state index is 0.0380. The minimum Gasteiger partial charge on any atom is -0.356 e. The first-order chi connectivity index (χ1) is 17.2. The topological polar surface area (TPSA) is 105 Å². The van der Waals surface area contributed by atoms with Gasteiger partial charge in [-0.05, 0) is 62.3 Å². The van der Waals surface area contributed by atoms with Crippen LogP contribution in [0.15, 0.2) is 24.4 Å². The zero-order valence-electron chi connectivity index (χ0n) is 20.0. The molecule has 0 spiro atoms. The highest BCUT2D eigenvalue weighted by atomic mass is 19.3. The third kappa shape index (κ3) is 4.83. The number of alkyl halides is 2. The number of rotatable bonds is 7. The number of aromatic amines is 1. The quantitative estimate of drug-likeness (QED) is 0.456. The fourth-order valence-corrected chi connectivity index (χ4v) is 5.34. The molecule has 2 aliphatic rings. The van der Waals surface area contributed by atoms with E-state index in [0.29, 0.717) is 48.5 Å². The van der Waals surface area contributed by atoms with Crippen molar-refractivity contribution in [2.24, 2.45) is 11.8 Å². The standard InChI is InChI=1S/C25H29F3N6O2/c1-2-34-19(6-10-30-34)24(36)33-20(15-3-7-25(27,28)8-4-15)22-31-18-13-14(12-17(26)21(18)32-22)11-16-5-9-29-23(16)35/h6,10,12-13,15-16,20H,2-5,7-9,11H2,1H3,(H,29,35)(H,31,32)(H,33,36)/t16-,20+/m1/s1. The molecule has 3 N–H and O–H groups in total. The molecular weight excluding hydrogens is 473 g/mol. The lowest BCUT2D eigenvalue weighted by Crippen LogP contribution is -2.38. The minimum atomic E-state index is -2.73. The molecule has 8 nitrogen and oxygen atoms in total. The Morgan fingerprint density at radius 2 is 2.06 bits per heavy atom. The first kappa shape index (κ1) is 24.3. The van der Waals surface area contributed by atoms with Crippen LogP contribution in [0.5, 0.6) is 0 Å². The van der Waals surface area contributed by atoms with E-state index in [4.69, 9.17) is 0 Å². The van der Waals surface area contributed by atoms with Crippen molar-refractivity contribution in [2.45, 2.75) is 64.0 Å². The van der Waals surface area contributed by atoms with Gasteiger partial charge in [-0.15, -0.1) is 0 Å². The second-order valence-corrected chi connectivity index (χ2v) is 9.75. The number of hydrogen-bond acceptors (Lipinski definition) is 4. The Morgan fingerprint density at radius 3 is 2.75 bits per heavy atom. The predicted molar refractivity (Wildman–Crippen MR) is 126 cm³/mol. The van der Waals surface area contributed by atoms with Gasteiger partial charge < -0.3 is 15.6 Å². The first-order valence-corrected chi connectivity index (χ1v) is 12.4. The van der Waals surface area contributed by atoms with Gasteiger partial charge in [-0.25, -0.2) is 18.2 Å². The Kier molecular flexibility index (Phi) is 6.48. The molecule has 11 heteroatoms. The fourth-order valence-electron chi connectivity index (χ4n) is 5.34. The Morgan fingerprint density at radius 1 is 1.28 bits per heavy atom. The number of hydrogen-bond donors (Lipinski definition) is 3. The number of H-pyrrole nitrogens is 1. The lowest BCUT2D eigenvalue weighted by Gasteiger charge is -2.33. The highest BCUT2D eigenvalue weighted by molar-refractivity contribution is 5.92. The summed E-state index contributed by atoms with van der Waals surface area (Å²) >= 11 is 0. The van der Waals surface area contributed by atoms with Crippen LogP contribution in [0.1, 0.15) is 66.9 Å². The molecule has 192 valence electrons. The number of fused-ring (bicyclic) bond motifs is 1. The SMILES string of the molecule is CCn1nccc1C(=O)N[C@H](c1nc2c(F)cc(C[C@H]3CCNC3=O)cc2[nH]1)C1CCC(F)(F)CC1. The van der Waals surface area contributed by atoms with Crippen molar-refractivity contribution in [3.05, 3.63) is 47.3 Å². The summed E-state index contributed by atoms with van der Waals surface area (Å²) in [6, 6.07) is 4.03. The summed E-state index contributed by atoms with van der Waals surface area (Å²) < 4.78 is 44.4. The maximum atomic E-state index is 15.0. The highest BCUT2D eigenvalue weighted by Gasteiger charge is 2.40. The average Bonchev–Trinajstić information content (AvgIpc) is 3.58. The van der Waals surface area contributed by atoms with Crippen LogP contribution < -0.4 is 10.6 Å². The van der Waals surface area contributed by atoms with Crippen LogP contribution in [0.2, 0.25) is 0 Å². The van der Waals surface area contributed by atoms with Crippen LogP contribution in [0.4, 0.5) is 13.2 Å². The molecule has 0 unspecified atom stereocenters. The molecule has 1 aliphatic carbocycles. The Hall–Kier alpha value is -3.37. The van der Waals surface area contributed by atoms with Crippen LogP contribution in [0.25, 0.3) is 11.0 Å². The number of aryl methyl sites for hydroxylation is 1. The zero-order chi connectivity index (χ0) is 25.4. The van der Waals surface area contributed by atoms with E-state index in [-0.39, 0.29) is 48.9 Å². The summed E-state index contributed by atoms with van der Waals surface area (Å²) in [4.78, 5) is 32.7. The molecular formula is C25H29F3N6O2. The van der Waals surface area contributed by atoms with Gasteiger partial charge in [-0.3, -0.25) is 14.3 Å². The summed E-state index contributed by atoms with van der Waals surface area (Å²) in [5, 5.41) is 9.87. The largest absolute Gasteiger partial charge is 0.356 e. The second kappa shape index (κ2) is 9.59.